The minimum absolute atomic E-state index is 0.0693. The van der Waals surface area contributed by atoms with Crippen molar-refractivity contribution in [3.05, 3.63) is 42.0 Å². The summed E-state index contributed by atoms with van der Waals surface area (Å²) in [5, 5.41) is 12.5. The van der Waals surface area contributed by atoms with Gasteiger partial charge in [0, 0.05) is 17.5 Å². The highest BCUT2D eigenvalue weighted by molar-refractivity contribution is 5.95. The molecular weight excluding hydrogens is 250 g/mol. The van der Waals surface area contributed by atoms with E-state index in [1.54, 1.807) is 6.08 Å². The summed E-state index contributed by atoms with van der Waals surface area (Å²) < 4.78 is 0. The average Bonchev–Trinajstić information content (AvgIpc) is 2.81. The van der Waals surface area contributed by atoms with Gasteiger partial charge in [-0.25, -0.2) is 0 Å². The van der Waals surface area contributed by atoms with Crippen molar-refractivity contribution in [2.24, 2.45) is 5.41 Å². The van der Waals surface area contributed by atoms with E-state index in [0.29, 0.717) is 0 Å². The fourth-order valence-corrected chi connectivity index (χ4v) is 2.86. The van der Waals surface area contributed by atoms with E-state index in [0.717, 1.165) is 30.4 Å². The Labute approximate surface area is 120 Å². The van der Waals surface area contributed by atoms with E-state index < -0.39 is 0 Å². The molecule has 2 rings (SSSR count). The molecule has 20 heavy (non-hydrogen) atoms. The molecule has 0 aliphatic heterocycles. The van der Waals surface area contributed by atoms with Crippen LogP contribution in [-0.4, -0.2) is 23.7 Å². The number of hydrogen-bond acceptors (Lipinski definition) is 2. The lowest BCUT2D eigenvalue weighted by atomic mass is 9.86. The number of nitrogens with one attached hydrogen (secondary N) is 1. The molecule has 0 radical (unpaired) electrons. The second-order valence-corrected chi connectivity index (χ2v) is 5.96. The number of aliphatic hydroxyl groups is 1. The highest BCUT2D eigenvalue weighted by atomic mass is 16.3. The van der Waals surface area contributed by atoms with Crippen LogP contribution in [0.1, 0.15) is 38.7 Å². The van der Waals surface area contributed by atoms with Crippen molar-refractivity contribution in [3.8, 4) is 0 Å². The summed E-state index contributed by atoms with van der Waals surface area (Å²) in [4.78, 5) is 12.1. The molecule has 2 atom stereocenters. The second kappa shape index (κ2) is 6.23. The molecule has 0 bridgehead atoms. The fourth-order valence-electron chi connectivity index (χ4n) is 2.86. The Hall–Kier alpha value is -1.61. The predicted octanol–water partition coefficient (Wildman–Crippen LogP) is 2.76. The van der Waals surface area contributed by atoms with Crippen molar-refractivity contribution in [2.75, 3.05) is 6.61 Å². The van der Waals surface area contributed by atoms with E-state index in [-0.39, 0.29) is 24.0 Å². The standard InChI is InChI=1S/C17H23NO2/c1-13(14-7-4-3-5-8-14)11-16(20)18-15-9-6-10-17(15,2)12-19/h3-5,7-8,11,15,19H,6,9-10,12H2,1-2H3,(H,18,20)/b13-11-. The molecule has 3 heteroatoms. The quantitative estimate of drug-likeness (QED) is 0.829. The lowest BCUT2D eigenvalue weighted by Crippen LogP contribution is -2.44. The number of hydrogen-bond donors (Lipinski definition) is 2. The van der Waals surface area contributed by atoms with Crippen molar-refractivity contribution in [3.63, 3.8) is 0 Å². The van der Waals surface area contributed by atoms with Gasteiger partial charge in [-0.2, -0.15) is 0 Å². The molecule has 0 aromatic heterocycles. The third-order valence-corrected chi connectivity index (χ3v) is 4.34. The molecule has 1 saturated carbocycles. The Morgan fingerprint density at radius 2 is 2.15 bits per heavy atom. The number of carbonyl (C=O) groups excluding carboxylic acids is 1. The third kappa shape index (κ3) is 3.28. The normalized spacial score (nSPS) is 26.6. The summed E-state index contributed by atoms with van der Waals surface area (Å²) in [7, 11) is 0. The van der Waals surface area contributed by atoms with Crippen LogP contribution in [0.4, 0.5) is 0 Å². The first-order valence-corrected chi connectivity index (χ1v) is 7.20. The van der Waals surface area contributed by atoms with Gasteiger partial charge < -0.3 is 10.4 Å². The highest BCUT2D eigenvalue weighted by Gasteiger charge is 2.38. The van der Waals surface area contributed by atoms with Crippen LogP contribution in [0, 0.1) is 5.41 Å². The number of aliphatic hydroxyl groups excluding tert-OH is 1. The highest BCUT2D eigenvalue weighted by Crippen LogP contribution is 2.37. The van der Waals surface area contributed by atoms with E-state index in [1.807, 2.05) is 44.2 Å². The zero-order valence-electron chi connectivity index (χ0n) is 12.2. The van der Waals surface area contributed by atoms with E-state index in [1.165, 1.54) is 0 Å². The minimum Gasteiger partial charge on any atom is -0.396 e. The Kier molecular flexibility index (Phi) is 4.61. The Bertz CT molecular complexity index is 495. The molecule has 2 unspecified atom stereocenters. The third-order valence-electron chi connectivity index (χ3n) is 4.34. The van der Waals surface area contributed by atoms with E-state index >= 15 is 0 Å². The summed E-state index contributed by atoms with van der Waals surface area (Å²) in [6.07, 6.45) is 4.62. The van der Waals surface area contributed by atoms with Crippen LogP contribution in [0.3, 0.4) is 0 Å². The van der Waals surface area contributed by atoms with Crippen LogP contribution < -0.4 is 5.32 Å². The van der Waals surface area contributed by atoms with Gasteiger partial charge in [0.2, 0.25) is 5.91 Å². The Morgan fingerprint density at radius 3 is 2.80 bits per heavy atom. The molecule has 0 saturated heterocycles. The van der Waals surface area contributed by atoms with Gasteiger partial charge >= 0.3 is 0 Å². The molecular formula is C17H23NO2. The van der Waals surface area contributed by atoms with Crippen molar-refractivity contribution in [2.45, 2.75) is 39.2 Å². The number of carbonyl (C=O) groups is 1. The van der Waals surface area contributed by atoms with Crippen molar-refractivity contribution in [1.82, 2.24) is 5.32 Å². The van der Waals surface area contributed by atoms with Crippen molar-refractivity contribution in [1.29, 1.82) is 0 Å². The maximum atomic E-state index is 12.1. The molecule has 1 aliphatic rings. The number of allylic oxidation sites excluding steroid dienone is 1. The monoisotopic (exact) mass is 273 g/mol. The minimum atomic E-state index is -0.176. The van der Waals surface area contributed by atoms with Gasteiger partial charge in [-0.15, -0.1) is 0 Å². The van der Waals surface area contributed by atoms with Crippen molar-refractivity contribution < 1.29 is 9.90 Å². The van der Waals surface area contributed by atoms with E-state index in [4.69, 9.17) is 0 Å². The van der Waals surface area contributed by atoms with Crippen molar-refractivity contribution >= 4 is 11.5 Å². The van der Waals surface area contributed by atoms with Crippen LogP contribution in [0.15, 0.2) is 36.4 Å². The lowest BCUT2D eigenvalue weighted by Gasteiger charge is -2.29. The molecule has 3 nitrogen and oxygen atoms in total. The van der Waals surface area contributed by atoms with Gasteiger partial charge in [-0.3, -0.25) is 4.79 Å². The first-order chi connectivity index (χ1) is 9.55. The molecule has 0 spiro atoms. The van der Waals surface area contributed by atoms with Gasteiger partial charge in [0.1, 0.15) is 0 Å². The summed E-state index contributed by atoms with van der Waals surface area (Å²) in [6.45, 7) is 4.10. The SMILES string of the molecule is C/C(=C/C(=O)NC1CCCC1(C)CO)c1ccccc1. The van der Waals surface area contributed by atoms with Gasteiger partial charge in [-0.1, -0.05) is 43.7 Å². The molecule has 108 valence electrons. The van der Waals surface area contributed by atoms with Crippen LogP contribution in [0.5, 0.6) is 0 Å². The molecule has 1 amide bonds. The smallest absolute Gasteiger partial charge is 0.244 e. The molecule has 2 N–H and O–H groups in total. The predicted molar refractivity (Wildman–Crippen MR) is 81.1 cm³/mol. The molecule has 1 aliphatic carbocycles. The Morgan fingerprint density at radius 1 is 1.45 bits per heavy atom. The van der Waals surface area contributed by atoms with Gasteiger partial charge in [0.05, 0.1) is 6.61 Å². The van der Waals surface area contributed by atoms with Gasteiger partial charge in [0.25, 0.3) is 0 Å². The van der Waals surface area contributed by atoms with Gasteiger partial charge in [0.15, 0.2) is 0 Å². The first kappa shape index (κ1) is 14.8. The summed E-state index contributed by atoms with van der Waals surface area (Å²) in [5.74, 6) is -0.0714. The summed E-state index contributed by atoms with van der Waals surface area (Å²) >= 11 is 0. The number of benzene rings is 1. The van der Waals surface area contributed by atoms with Crippen LogP contribution in [-0.2, 0) is 4.79 Å². The molecule has 1 fully saturated rings. The first-order valence-electron chi connectivity index (χ1n) is 7.20. The zero-order valence-corrected chi connectivity index (χ0v) is 12.2. The van der Waals surface area contributed by atoms with Crippen LogP contribution >= 0.6 is 0 Å². The summed E-state index contributed by atoms with van der Waals surface area (Å²) in [5.41, 5.74) is 1.83. The largest absolute Gasteiger partial charge is 0.396 e. The Balaban J connectivity index is 2.02. The maximum absolute atomic E-state index is 12.1. The maximum Gasteiger partial charge on any atom is 0.244 e. The molecule has 1 aromatic carbocycles. The number of rotatable bonds is 4. The number of amides is 1. The summed E-state index contributed by atoms with van der Waals surface area (Å²) in [6, 6.07) is 9.94. The molecule has 1 aromatic rings. The lowest BCUT2D eigenvalue weighted by molar-refractivity contribution is -0.118. The average molecular weight is 273 g/mol. The van der Waals surface area contributed by atoms with E-state index in [9.17, 15) is 9.90 Å². The second-order valence-electron chi connectivity index (χ2n) is 5.96. The topological polar surface area (TPSA) is 49.3 Å². The fraction of sp³-hybridized carbons (Fsp3) is 0.471. The zero-order chi connectivity index (χ0) is 14.6. The van der Waals surface area contributed by atoms with Gasteiger partial charge in [-0.05, 0) is 30.9 Å². The van der Waals surface area contributed by atoms with E-state index in [2.05, 4.69) is 5.32 Å². The van der Waals surface area contributed by atoms with Crippen LogP contribution in [0.25, 0.3) is 5.57 Å². The van der Waals surface area contributed by atoms with Crippen LogP contribution in [0.2, 0.25) is 0 Å². The molecule has 0 heterocycles.